The monoisotopic (exact) mass is 266 g/mol. The summed E-state index contributed by atoms with van der Waals surface area (Å²) in [7, 11) is 0. The normalized spacial score (nSPS) is 25.0. The third-order valence-corrected chi connectivity index (χ3v) is 3.50. The van der Waals surface area contributed by atoms with Gasteiger partial charge in [-0.2, -0.15) is 13.2 Å². The van der Waals surface area contributed by atoms with Crippen molar-refractivity contribution in [1.82, 2.24) is 10.2 Å². The molecule has 0 spiro atoms. The van der Waals surface area contributed by atoms with E-state index in [1.807, 2.05) is 6.92 Å². The quantitative estimate of drug-likeness (QED) is 0.761. The van der Waals surface area contributed by atoms with E-state index in [-0.39, 0.29) is 12.1 Å². The fraction of sp³-hybridized carbons (Fsp3) is 1.00. The maximum Gasteiger partial charge on any atom is 0.401 e. The molecule has 0 saturated heterocycles. The first-order chi connectivity index (χ1) is 8.48. The van der Waals surface area contributed by atoms with E-state index in [9.17, 15) is 13.2 Å². The lowest BCUT2D eigenvalue weighted by molar-refractivity contribution is -0.151. The maximum absolute atomic E-state index is 12.6. The third kappa shape index (κ3) is 5.14. The highest BCUT2D eigenvalue weighted by atomic mass is 19.4. The Bertz CT molecular complexity index is 231. The minimum Gasteiger partial charge on any atom is -0.312 e. The molecule has 2 unspecified atom stereocenters. The molecule has 108 valence electrons. The van der Waals surface area contributed by atoms with E-state index in [4.69, 9.17) is 0 Å². The Kier molecular flexibility index (Phi) is 6.43. The smallest absolute Gasteiger partial charge is 0.312 e. The van der Waals surface area contributed by atoms with Crippen molar-refractivity contribution in [2.75, 3.05) is 19.6 Å². The number of hydrogen-bond acceptors (Lipinski definition) is 2. The average Bonchev–Trinajstić information content (AvgIpc) is 2.72. The predicted octanol–water partition coefficient (Wildman–Crippen LogP) is 3.18. The predicted molar refractivity (Wildman–Crippen MR) is 67.6 cm³/mol. The van der Waals surface area contributed by atoms with Gasteiger partial charge in [0.25, 0.3) is 0 Å². The summed E-state index contributed by atoms with van der Waals surface area (Å²) in [4.78, 5) is 1.63. The molecule has 5 heteroatoms. The van der Waals surface area contributed by atoms with Crippen LogP contribution in [0.25, 0.3) is 0 Å². The molecule has 0 bridgehead atoms. The van der Waals surface area contributed by atoms with E-state index < -0.39 is 12.7 Å². The summed E-state index contributed by atoms with van der Waals surface area (Å²) >= 11 is 0. The molecule has 1 rings (SSSR count). The van der Waals surface area contributed by atoms with Crippen LogP contribution < -0.4 is 5.32 Å². The molecule has 18 heavy (non-hydrogen) atoms. The van der Waals surface area contributed by atoms with Gasteiger partial charge in [0.2, 0.25) is 0 Å². The number of nitrogens with zero attached hydrogens (tertiary/aromatic N) is 1. The van der Waals surface area contributed by atoms with E-state index in [0.29, 0.717) is 6.54 Å². The lowest BCUT2D eigenvalue weighted by Crippen LogP contribution is -2.50. The first-order valence-electron chi connectivity index (χ1n) is 7.02. The van der Waals surface area contributed by atoms with Crippen LogP contribution in [0, 0.1) is 0 Å². The molecular weight excluding hydrogens is 241 g/mol. The van der Waals surface area contributed by atoms with Crippen LogP contribution in [0.2, 0.25) is 0 Å². The number of rotatable bonds is 7. The molecule has 0 radical (unpaired) electrons. The molecule has 1 aliphatic rings. The highest BCUT2D eigenvalue weighted by molar-refractivity contribution is 4.91. The molecule has 0 amide bonds. The summed E-state index contributed by atoms with van der Waals surface area (Å²) in [6.45, 7) is 4.68. The van der Waals surface area contributed by atoms with E-state index in [1.165, 1.54) is 0 Å². The zero-order chi connectivity index (χ0) is 13.6. The standard InChI is InChI=1S/C13H25F3N2/c1-3-8-17-11-6-5-7-12(11)18(9-4-2)10-13(14,15)16/h11-12,17H,3-10H2,1-2H3. The van der Waals surface area contributed by atoms with Crippen molar-refractivity contribution >= 4 is 0 Å². The Balaban J connectivity index is 2.59. The van der Waals surface area contributed by atoms with E-state index in [0.717, 1.165) is 38.6 Å². The molecule has 0 aromatic heterocycles. The highest BCUT2D eigenvalue weighted by Gasteiger charge is 2.37. The van der Waals surface area contributed by atoms with Gasteiger partial charge in [-0.15, -0.1) is 0 Å². The van der Waals surface area contributed by atoms with Gasteiger partial charge in [0.05, 0.1) is 6.54 Å². The van der Waals surface area contributed by atoms with Crippen LogP contribution in [0.15, 0.2) is 0 Å². The fourth-order valence-corrected chi connectivity index (χ4v) is 2.82. The number of nitrogens with one attached hydrogen (secondary N) is 1. The third-order valence-electron chi connectivity index (χ3n) is 3.50. The maximum atomic E-state index is 12.6. The van der Waals surface area contributed by atoms with Gasteiger partial charge in [-0.05, 0) is 38.8 Å². The van der Waals surface area contributed by atoms with Crippen molar-refractivity contribution in [2.45, 2.75) is 64.2 Å². The first-order valence-corrected chi connectivity index (χ1v) is 7.02. The van der Waals surface area contributed by atoms with Gasteiger partial charge in [0.1, 0.15) is 0 Å². The first kappa shape index (κ1) is 15.8. The van der Waals surface area contributed by atoms with E-state index in [1.54, 1.807) is 4.90 Å². The summed E-state index contributed by atoms with van der Waals surface area (Å²) in [6, 6.07) is 0.289. The van der Waals surface area contributed by atoms with Crippen molar-refractivity contribution in [3.05, 3.63) is 0 Å². The molecule has 0 heterocycles. The van der Waals surface area contributed by atoms with Crippen molar-refractivity contribution < 1.29 is 13.2 Å². The van der Waals surface area contributed by atoms with Crippen molar-refractivity contribution in [3.63, 3.8) is 0 Å². The van der Waals surface area contributed by atoms with Crippen molar-refractivity contribution in [1.29, 1.82) is 0 Å². The second-order valence-corrected chi connectivity index (χ2v) is 5.14. The molecule has 0 aromatic rings. The molecule has 2 atom stereocenters. The van der Waals surface area contributed by atoms with Crippen LogP contribution in [0.4, 0.5) is 13.2 Å². The Morgan fingerprint density at radius 2 is 1.89 bits per heavy atom. The van der Waals surface area contributed by atoms with Gasteiger partial charge in [0.15, 0.2) is 0 Å². The molecule has 1 fully saturated rings. The van der Waals surface area contributed by atoms with Gasteiger partial charge in [0, 0.05) is 12.1 Å². The van der Waals surface area contributed by atoms with E-state index in [2.05, 4.69) is 12.2 Å². The largest absolute Gasteiger partial charge is 0.401 e. The van der Waals surface area contributed by atoms with Crippen LogP contribution in [-0.2, 0) is 0 Å². The average molecular weight is 266 g/mol. The summed E-state index contributed by atoms with van der Waals surface area (Å²) < 4.78 is 37.8. The van der Waals surface area contributed by atoms with Crippen LogP contribution in [0.5, 0.6) is 0 Å². The molecular formula is C13H25F3N2. The number of hydrogen-bond donors (Lipinski definition) is 1. The lowest BCUT2D eigenvalue weighted by Gasteiger charge is -2.33. The van der Waals surface area contributed by atoms with E-state index >= 15 is 0 Å². The molecule has 1 N–H and O–H groups in total. The Morgan fingerprint density at radius 3 is 2.44 bits per heavy atom. The van der Waals surface area contributed by atoms with Crippen molar-refractivity contribution in [3.8, 4) is 0 Å². The molecule has 0 aliphatic heterocycles. The van der Waals surface area contributed by atoms with Crippen LogP contribution >= 0.6 is 0 Å². The van der Waals surface area contributed by atoms with Gasteiger partial charge in [-0.1, -0.05) is 20.3 Å². The Morgan fingerprint density at radius 1 is 1.17 bits per heavy atom. The van der Waals surface area contributed by atoms with Gasteiger partial charge in [-0.25, -0.2) is 0 Å². The molecule has 0 aromatic carbocycles. The second-order valence-electron chi connectivity index (χ2n) is 5.14. The van der Waals surface area contributed by atoms with Gasteiger partial charge in [-0.3, -0.25) is 4.90 Å². The summed E-state index contributed by atoms with van der Waals surface area (Å²) in [5.41, 5.74) is 0. The summed E-state index contributed by atoms with van der Waals surface area (Å²) in [5, 5.41) is 3.40. The SMILES string of the molecule is CCCNC1CCCC1N(CCC)CC(F)(F)F. The molecule has 1 saturated carbocycles. The van der Waals surface area contributed by atoms with Crippen LogP contribution in [0.3, 0.4) is 0 Å². The summed E-state index contributed by atoms with van der Waals surface area (Å²) in [5.74, 6) is 0. The topological polar surface area (TPSA) is 15.3 Å². The van der Waals surface area contributed by atoms with Crippen LogP contribution in [0.1, 0.15) is 46.0 Å². The Hall–Kier alpha value is -0.290. The second kappa shape index (κ2) is 7.34. The fourth-order valence-electron chi connectivity index (χ4n) is 2.82. The van der Waals surface area contributed by atoms with Gasteiger partial charge >= 0.3 is 6.18 Å². The van der Waals surface area contributed by atoms with Gasteiger partial charge < -0.3 is 5.32 Å². The van der Waals surface area contributed by atoms with Crippen molar-refractivity contribution in [2.24, 2.45) is 0 Å². The molecule has 2 nitrogen and oxygen atoms in total. The Labute approximate surface area is 108 Å². The van der Waals surface area contributed by atoms with Crippen LogP contribution in [-0.4, -0.2) is 42.8 Å². The minimum atomic E-state index is -4.09. The number of halogens is 3. The zero-order valence-corrected chi connectivity index (χ0v) is 11.4. The zero-order valence-electron chi connectivity index (χ0n) is 11.4. The highest BCUT2D eigenvalue weighted by Crippen LogP contribution is 2.27. The minimum absolute atomic E-state index is 0.0538. The number of alkyl halides is 3. The molecule has 1 aliphatic carbocycles. The summed E-state index contributed by atoms with van der Waals surface area (Å²) in [6.07, 6.45) is 0.626. The lowest BCUT2D eigenvalue weighted by atomic mass is 10.1.